The maximum absolute atomic E-state index is 12.5. The van der Waals surface area contributed by atoms with E-state index in [1.54, 1.807) is 0 Å². The second-order valence-electron chi connectivity index (χ2n) is 2.73. The van der Waals surface area contributed by atoms with Gasteiger partial charge >= 0.3 is 5.69 Å². The molecule has 0 saturated heterocycles. The first kappa shape index (κ1) is 11.2. The van der Waals surface area contributed by atoms with E-state index < -0.39 is 11.6 Å². The number of hydrogen-bond acceptors (Lipinski definition) is 4. The van der Waals surface area contributed by atoms with Crippen LogP contribution in [-0.2, 0) is 6.67 Å². The first-order valence-corrected chi connectivity index (χ1v) is 4.09. The molecule has 0 amide bonds. The van der Waals surface area contributed by atoms with E-state index in [0.717, 1.165) is 6.07 Å². The van der Waals surface area contributed by atoms with Crippen LogP contribution in [0.1, 0.15) is 5.56 Å². The van der Waals surface area contributed by atoms with Crippen LogP contribution in [0, 0.1) is 10.1 Å². The van der Waals surface area contributed by atoms with E-state index in [1.807, 2.05) is 0 Å². The first-order chi connectivity index (χ1) is 7.13. The van der Waals surface area contributed by atoms with Crippen LogP contribution in [0.25, 0.3) is 0 Å². The molecule has 0 aliphatic carbocycles. The Balaban J connectivity index is 3.34. The highest BCUT2D eigenvalue weighted by atomic mass is 19.1. The number of rotatable bonds is 4. The average molecular weight is 215 g/mol. The molecule has 0 aliphatic heterocycles. The van der Waals surface area contributed by atoms with Crippen molar-refractivity contribution in [1.82, 2.24) is 0 Å². The molecule has 0 aliphatic rings. The van der Waals surface area contributed by atoms with Crippen LogP contribution in [0.4, 0.5) is 10.1 Å². The smallest absolute Gasteiger partial charge is 0.311 e. The van der Waals surface area contributed by atoms with Gasteiger partial charge in [0.25, 0.3) is 0 Å². The number of nitrogens with zero attached hydrogens (tertiary/aromatic N) is 1. The Labute approximate surface area is 85.6 Å². The fourth-order valence-electron chi connectivity index (χ4n) is 1.19. The van der Waals surface area contributed by atoms with E-state index in [1.165, 1.54) is 20.3 Å². The third kappa shape index (κ3) is 2.15. The predicted molar refractivity (Wildman–Crippen MR) is 51.0 cm³/mol. The number of hydrogen-bond donors (Lipinski definition) is 0. The topological polar surface area (TPSA) is 61.6 Å². The molecule has 0 aromatic heterocycles. The lowest BCUT2D eigenvalue weighted by Gasteiger charge is -2.08. The molecule has 0 bridgehead atoms. The van der Waals surface area contributed by atoms with Gasteiger partial charge in [-0.2, -0.15) is 0 Å². The van der Waals surface area contributed by atoms with Crippen molar-refractivity contribution in [2.45, 2.75) is 6.67 Å². The number of halogens is 1. The second kappa shape index (κ2) is 4.59. The van der Waals surface area contributed by atoms with Gasteiger partial charge in [0.2, 0.25) is 5.75 Å². The summed E-state index contributed by atoms with van der Waals surface area (Å²) >= 11 is 0. The number of alkyl halides is 1. The van der Waals surface area contributed by atoms with Crippen LogP contribution in [0.15, 0.2) is 12.1 Å². The summed E-state index contributed by atoms with van der Waals surface area (Å²) in [6.07, 6.45) is 0. The van der Waals surface area contributed by atoms with Gasteiger partial charge in [0.15, 0.2) is 0 Å². The van der Waals surface area contributed by atoms with Crippen LogP contribution in [-0.4, -0.2) is 19.1 Å². The van der Waals surface area contributed by atoms with Crippen molar-refractivity contribution in [2.24, 2.45) is 0 Å². The Kier molecular flexibility index (Phi) is 3.43. The molecular formula is C9H10FNO4. The molecule has 1 rings (SSSR count). The molecule has 0 spiro atoms. The lowest BCUT2D eigenvalue weighted by molar-refractivity contribution is -0.385. The molecule has 6 heteroatoms. The monoisotopic (exact) mass is 215 g/mol. The van der Waals surface area contributed by atoms with Crippen molar-refractivity contribution < 1.29 is 18.8 Å². The van der Waals surface area contributed by atoms with Gasteiger partial charge in [-0.15, -0.1) is 0 Å². The number of benzene rings is 1. The predicted octanol–water partition coefficient (Wildman–Crippen LogP) is 2.08. The van der Waals surface area contributed by atoms with E-state index in [2.05, 4.69) is 0 Å². The number of methoxy groups -OCH3 is 2. The van der Waals surface area contributed by atoms with Gasteiger partial charge in [-0.3, -0.25) is 10.1 Å². The average Bonchev–Trinajstić information content (AvgIpc) is 2.26. The fraction of sp³-hybridized carbons (Fsp3) is 0.333. The van der Waals surface area contributed by atoms with E-state index in [-0.39, 0.29) is 22.7 Å². The maximum atomic E-state index is 12.5. The maximum Gasteiger partial charge on any atom is 0.311 e. The minimum absolute atomic E-state index is 0.0500. The first-order valence-electron chi connectivity index (χ1n) is 4.09. The molecule has 5 nitrogen and oxygen atoms in total. The van der Waals surface area contributed by atoms with Gasteiger partial charge in [-0.25, -0.2) is 4.39 Å². The second-order valence-corrected chi connectivity index (χ2v) is 2.73. The van der Waals surface area contributed by atoms with E-state index >= 15 is 0 Å². The van der Waals surface area contributed by atoms with Crippen molar-refractivity contribution in [3.63, 3.8) is 0 Å². The van der Waals surface area contributed by atoms with E-state index in [4.69, 9.17) is 9.47 Å². The summed E-state index contributed by atoms with van der Waals surface area (Å²) in [6, 6.07) is 2.41. The van der Waals surface area contributed by atoms with Gasteiger partial charge in [-0.05, 0) is 0 Å². The van der Waals surface area contributed by atoms with Crippen LogP contribution in [0.2, 0.25) is 0 Å². The van der Waals surface area contributed by atoms with Crippen LogP contribution in [0.5, 0.6) is 11.5 Å². The summed E-state index contributed by atoms with van der Waals surface area (Å²) in [5.74, 6) is 0.286. The van der Waals surface area contributed by atoms with Crippen LogP contribution < -0.4 is 9.47 Å². The van der Waals surface area contributed by atoms with Crippen LogP contribution in [0.3, 0.4) is 0 Å². The number of nitro benzene ring substituents is 1. The van der Waals surface area contributed by atoms with Crippen molar-refractivity contribution in [3.8, 4) is 11.5 Å². The highest BCUT2D eigenvalue weighted by Crippen LogP contribution is 2.34. The Morgan fingerprint density at radius 1 is 1.33 bits per heavy atom. The van der Waals surface area contributed by atoms with E-state index in [0.29, 0.717) is 0 Å². The Morgan fingerprint density at radius 3 is 2.33 bits per heavy atom. The molecule has 0 atom stereocenters. The third-order valence-electron chi connectivity index (χ3n) is 1.92. The largest absolute Gasteiger partial charge is 0.496 e. The lowest BCUT2D eigenvalue weighted by atomic mass is 10.2. The molecule has 0 N–H and O–H groups in total. The zero-order valence-corrected chi connectivity index (χ0v) is 8.32. The summed E-state index contributed by atoms with van der Waals surface area (Å²) in [7, 11) is 2.66. The van der Waals surface area contributed by atoms with Gasteiger partial charge in [0.05, 0.1) is 19.1 Å². The van der Waals surface area contributed by atoms with Crippen molar-refractivity contribution in [2.75, 3.05) is 14.2 Å². The van der Waals surface area contributed by atoms with Gasteiger partial charge in [0.1, 0.15) is 12.4 Å². The molecule has 1 aromatic carbocycles. The molecule has 15 heavy (non-hydrogen) atoms. The number of nitro groups is 1. The molecule has 0 fully saturated rings. The molecule has 1 aromatic rings. The Bertz CT molecular complexity index is 381. The highest BCUT2D eigenvalue weighted by molar-refractivity contribution is 5.54. The summed E-state index contributed by atoms with van der Waals surface area (Å²) in [5.41, 5.74) is -0.143. The zero-order valence-electron chi connectivity index (χ0n) is 8.32. The van der Waals surface area contributed by atoms with Gasteiger partial charge in [0, 0.05) is 17.7 Å². The summed E-state index contributed by atoms with van der Waals surface area (Å²) in [5, 5.41) is 10.6. The van der Waals surface area contributed by atoms with Gasteiger partial charge in [-0.1, -0.05) is 0 Å². The molecule has 0 unspecified atom stereocenters. The van der Waals surface area contributed by atoms with Crippen LogP contribution >= 0.6 is 0 Å². The highest BCUT2D eigenvalue weighted by Gasteiger charge is 2.19. The Hall–Kier alpha value is -1.85. The van der Waals surface area contributed by atoms with Crippen molar-refractivity contribution in [1.29, 1.82) is 0 Å². The fourth-order valence-corrected chi connectivity index (χ4v) is 1.19. The molecule has 0 radical (unpaired) electrons. The van der Waals surface area contributed by atoms with Crippen molar-refractivity contribution >= 4 is 5.69 Å². The summed E-state index contributed by atoms with van der Waals surface area (Å²) in [6.45, 7) is -0.825. The SMILES string of the molecule is COc1cc(OC)c([N+](=O)[O-])cc1CF. The summed E-state index contributed by atoms with van der Waals surface area (Å²) < 4.78 is 22.2. The summed E-state index contributed by atoms with van der Waals surface area (Å²) in [4.78, 5) is 9.98. The van der Waals surface area contributed by atoms with E-state index in [9.17, 15) is 14.5 Å². The lowest BCUT2D eigenvalue weighted by Crippen LogP contribution is -1.97. The standard InChI is InChI=1S/C9H10FNO4/c1-14-8-4-9(15-2)7(11(12)13)3-6(8)5-10/h3-4H,5H2,1-2H3. The molecular weight excluding hydrogens is 205 g/mol. The quantitative estimate of drug-likeness (QED) is 0.569. The zero-order chi connectivity index (χ0) is 11.4. The molecule has 0 heterocycles. The molecule has 82 valence electrons. The number of ether oxygens (including phenoxy) is 2. The van der Waals surface area contributed by atoms with Crippen molar-refractivity contribution in [3.05, 3.63) is 27.8 Å². The normalized spacial score (nSPS) is 9.80. The molecule has 0 saturated carbocycles. The van der Waals surface area contributed by atoms with Gasteiger partial charge < -0.3 is 9.47 Å². The minimum atomic E-state index is -0.825. The minimum Gasteiger partial charge on any atom is -0.496 e. The third-order valence-corrected chi connectivity index (χ3v) is 1.92. The Morgan fingerprint density at radius 2 is 1.93 bits per heavy atom.